The van der Waals surface area contributed by atoms with Crippen molar-refractivity contribution < 1.29 is 4.52 Å². The number of nitrogens with zero attached hydrogens (tertiary/aromatic N) is 1. The highest BCUT2D eigenvalue weighted by Gasteiger charge is 2.12. The first kappa shape index (κ1) is 11.6. The Labute approximate surface area is 107 Å². The summed E-state index contributed by atoms with van der Waals surface area (Å²) in [5.74, 6) is 0.644. The van der Waals surface area contributed by atoms with Crippen LogP contribution in [0, 0.1) is 0 Å². The first-order chi connectivity index (χ1) is 7.58. The average Bonchev–Trinajstić information content (AvgIpc) is 2.70. The van der Waals surface area contributed by atoms with Gasteiger partial charge in [-0.25, -0.2) is 0 Å². The Balaban J connectivity index is 2.46. The van der Waals surface area contributed by atoms with Crippen molar-refractivity contribution in [1.29, 1.82) is 0 Å². The normalized spacial score (nSPS) is 12.8. The molecule has 0 amide bonds. The molecule has 0 aliphatic rings. The van der Waals surface area contributed by atoms with E-state index in [1.54, 1.807) is 12.1 Å². The Kier molecular flexibility index (Phi) is 3.33. The predicted octanol–water partition coefficient (Wildman–Crippen LogP) is 3.78. The quantitative estimate of drug-likeness (QED) is 0.918. The maximum absolute atomic E-state index is 6.09. The molecule has 0 spiro atoms. The molecule has 1 heterocycles. The van der Waals surface area contributed by atoms with Crippen molar-refractivity contribution in [3.8, 4) is 11.3 Å². The predicted molar refractivity (Wildman–Crippen MR) is 67.3 cm³/mol. The van der Waals surface area contributed by atoms with Gasteiger partial charge >= 0.3 is 0 Å². The molecule has 0 aliphatic heterocycles. The van der Waals surface area contributed by atoms with Crippen LogP contribution in [0.15, 0.2) is 33.3 Å². The minimum absolute atomic E-state index is 0.174. The summed E-state index contributed by atoms with van der Waals surface area (Å²) in [5.41, 5.74) is 7.22. The van der Waals surface area contributed by atoms with Crippen molar-refractivity contribution in [2.75, 3.05) is 0 Å². The third-order valence-corrected chi connectivity index (χ3v) is 3.00. The zero-order chi connectivity index (χ0) is 11.7. The van der Waals surface area contributed by atoms with Crippen molar-refractivity contribution in [3.05, 3.63) is 39.5 Å². The van der Waals surface area contributed by atoms with Gasteiger partial charge in [0.15, 0.2) is 5.76 Å². The van der Waals surface area contributed by atoms with Crippen molar-refractivity contribution in [1.82, 2.24) is 5.16 Å². The molecule has 0 bridgehead atoms. The summed E-state index contributed by atoms with van der Waals surface area (Å²) in [6.45, 7) is 1.84. The molecule has 3 nitrogen and oxygen atoms in total. The molecule has 1 unspecified atom stereocenters. The lowest BCUT2D eigenvalue weighted by molar-refractivity contribution is 0.369. The van der Waals surface area contributed by atoms with Crippen LogP contribution >= 0.6 is 27.5 Å². The highest BCUT2D eigenvalue weighted by Crippen LogP contribution is 2.30. The zero-order valence-corrected chi connectivity index (χ0v) is 10.9. The topological polar surface area (TPSA) is 52.0 Å². The fraction of sp³-hybridized carbons (Fsp3) is 0.182. The van der Waals surface area contributed by atoms with Gasteiger partial charge in [-0.05, 0) is 25.1 Å². The summed E-state index contributed by atoms with van der Waals surface area (Å²) in [5, 5.41) is 4.58. The number of aromatic nitrogens is 1. The van der Waals surface area contributed by atoms with Crippen LogP contribution in [0.1, 0.15) is 18.7 Å². The molecule has 5 heteroatoms. The molecule has 16 heavy (non-hydrogen) atoms. The van der Waals surface area contributed by atoms with E-state index in [2.05, 4.69) is 21.1 Å². The lowest BCUT2D eigenvalue weighted by atomic mass is 10.1. The Morgan fingerprint density at radius 2 is 2.19 bits per heavy atom. The average molecular weight is 302 g/mol. The fourth-order valence-electron chi connectivity index (χ4n) is 1.32. The zero-order valence-electron chi connectivity index (χ0n) is 8.58. The number of nitrogens with two attached hydrogens (primary N) is 1. The molecule has 0 saturated heterocycles. The Hall–Kier alpha value is -0.840. The largest absolute Gasteiger partial charge is 0.359 e. The number of halogens is 2. The fourth-order valence-corrected chi connectivity index (χ4v) is 1.90. The summed E-state index contributed by atoms with van der Waals surface area (Å²) >= 11 is 9.47. The smallest absolute Gasteiger partial charge is 0.153 e. The van der Waals surface area contributed by atoms with Gasteiger partial charge in [-0.1, -0.05) is 32.7 Å². The van der Waals surface area contributed by atoms with Crippen LogP contribution < -0.4 is 5.73 Å². The Morgan fingerprint density at radius 3 is 2.81 bits per heavy atom. The molecule has 0 aliphatic carbocycles. The summed E-state index contributed by atoms with van der Waals surface area (Å²) in [6, 6.07) is 7.20. The maximum atomic E-state index is 6.09. The molecule has 0 fully saturated rings. The number of hydrogen-bond acceptors (Lipinski definition) is 3. The van der Waals surface area contributed by atoms with Gasteiger partial charge in [0.2, 0.25) is 0 Å². The van der Waals surface area contributed by atoms with Crippen LogP contribution in [-0.4, -0.2) is 5.16 Å². The monoisotopic (exact) mass is 300 g/mol. The summed E-state index contributed by atoms with van der Waals surface area (Å²) < 4.78 is 6.07. The van der Waals surface area contributed by atoms with E-state index in [0.717, 1.165) is 10.0 Å². The number of hydrogen-bond donors (Lipinski definition) is 1. The highest BCUT2D eigenvalue weighted by molar-refractivity contribution is 9.10. The molecular weight excluding hydrogens is 291 g/mol. The Morgan fingerprint density at radius 1 is 1.44 bits per heavy atom. The van der Waals surface area contributed by atoms with Gasteiger partial charge in [-0.15, -0.1) is 0 Å². The van der Waals surface area contributed by atoms with E-state index < -0.39 is 0 Å². The van der Waals surface area contributed by atoms with Crippen LogP contribution in [0.25, 0.3) is 11.3 Å². The molecular formula is C11H10BrClN2O. The van der Waals surface area contributed by atoms with Crippen molar-refractivity contribution in [2.24, 2.45) is 5.73 Å². The van der Waals surface area contributed by atoms with Crippen LogP contribution in [0.2, 0.25) is 5.02 Å². The van der Waals surface area contributed by atoms with E-state index in [1.165, 1.54) is 0 Å². The molecule has 2 aromatic rings. The van der Waals surface area contributed by atoms with E-state index >= 15 is 0 Å². The summed E-state index contributed by atoms with van der Waals surface area (Å²) in [6.07, 6.45) is 0. The highest BCUT2D eigenvalue weighted by atomic mass is 79.9. The van der Waals surface area contributed by atoms with Gasteiger partial charge in [0.05, 0.1) is 11.1 Å². The molecule has 1 aromatic heterocycles. The minimum atomic E-state index is -0.174. The minimum Gasteiger partial charge on any atom is -0.359 e. The van der Waals surface area contributed by atoms with E-state index in [-0.39, 0.29) is 6.04 Å². The van der Waals surface area contributed by atoms with Crippen molar-refractivity contribution in [2.45, 2.75) is 13.0 Å². The van der Waals surface area contributed by atoms with Crippen molar-refractivity contribution >= 4 is 27.5 Å². The SMILES string of the molecule is CC(N)c1cc(-c2cc(Br)ccc2Cl)no1. The van der Waals surface area contributed by atoms with Gasteiger partial charge in [0, 0.05) is 16.1 Å². The third-order valence-electron chi connectivity index (χ3n) is 2.18. The Bertz CT molecular complexity index is 510. The van der Waals surface area contributed by atoms with Gasteiger partial charge in [0.25, 0.3) is 0 Å². The molecule has 1 aromatic carbocycles. The van der Waals surface area contributed by atoms with Gasteiger partial charge in [-0.3, -0.25) is 0 Å². The number of benzene rings is 1. The molecule has 1 atom stereocenters. The van der Waals surface area contributed by atoms with Crippen LogP contribution in [0.3, 0.4) is 0 Å². The van der Waals surface area contributed by atoms with Crippen LogP contribution in [0.5, 0.6) is 0 Å². The first-order valence-electron chi connectivity index (χ1n) is 4.75. The summed E-state index contributed by atoms with van der Waals surface area (Å²) in [4.78, 5) is 0. The molecule has 2 N–H and O–H groups in total. The molecule has 0 radical (unpaired) electrons. The van der Waals surface area contributed by atoms with Crippen molar-refractivity contribution in [3.63, 3.8) is 0 Å². The van der Waals surface area contributed by atoms with E-state index in [4.69, 9.17) is 21.9 Å². The maximum Gasteiger partial charge on any atom is 0.153 e. The van der Waals surface area contributed by atoms with Gasteiger partial charge in [0.1, 0.15) is 5.69 Å². The lowest BCUT2D eigenvalue weighted by Crippen LogP contribution is -2.02. The van der Waals surface area contributed by atoms with E-state index in [1.807, 2.05) is 19.1 Å². The summed E-state index contributed by atoms with van der Waals surface area (Å²) in [7, 11) is 0. The van der Waals surface area contributed by atoms with Gasteiger partial charge in [-0.2, -0.15) is 0 Å². The molecule has 84 valence electrons. The lowest BCUT2D eigenvalue weighted by Gasteiger charge is -2.00. The van der Waals surface area contributed by atoms with Gasteiger partial charge < -0.3 is 10.3 Å². The van der Waals surface area contributed by atoms with E-state index in [9.17, 15) is 0 Å². The second-order valence-electron chi connectivity index (χ2n) is 3.53. The third kappa shape index (κ3) is 2.29. The second kappa shape index (κ2) is 4.57. The van der Waals surface area contributed by atoms with E-state index in [0.29, 0.717) is 16.5 Å². The molecule has 0 saturated carbocycles. The molecule has 2 rings (SSSR count). The van der Waals surface area contributed by atoms with Crippen LogP contribution in [-0.2, 0) is 0 Å². The van der Waals surface area contributed by atoms with Crippen LogP contribution in [0.4, 0.5) is 0 Å². The first-order valence-corrected chi connectivity index (χ1v) is 5.92. The standard InChI is InChI=1S/C11H10BrClN2O/c1-6(14)11-5-10(15-16-11)8-4-7(12)2-3-9(8)13/h2-6H,14H2,1H3. The second-order valence-corrected chi connectivity index (χ2v) is 4.85. The number of rotatable bonds is 2.